The average molecular weight is 490 g/mol. The highest BCUT2D eigenvalue weighted by molar-refractivity contribution is 7.14. The summed E-state index contributed by atoms with van der Waals surface area (Å²) >= 11 is 1.34. The van der Waals surface area contributed by atoms with Crippen molar-refractivity contribution in [3.63, 3.8) is 0 Å². The van der Waals surface area contributed by atoms with Crippen LogP contribution in [0.1, 0.15) is 18.2 Å². The molecule has 1 N–H and O–H groups in total. The third-order valence-electron chi connectivity index (χ3n) is 5.57. The Labute approximate surface area is 208 Å². The van der Waals surface area contributed by atoms with Gasteiger partial charge in [0.05, 0.1) is 11.4 Å². The Hall–Kier alpha value is -3.98. The highest BCUT2D eigenvalue weighted by atomic mass is 32.1. The Kier molecular flexibility index (Phi) is 7.57. The van der Waals surface area contributed by atoms with E-state index in [1.807, 2.05) is 66.9 Å². The first-order chi connectivity index (χ1) is 16.9. The molecule has 0 atom stereocenters. The van der Waals surface area contributed by atoms with Gasteiger partial charge >= 0.3 is 6.03 Å². The second kappa shape index (κ2) is 11.0. The normalized spacial score (nSPS) is 13.7. The van der Waals surface area contributed by atoms with Crippen LogP contribution in [-0.4, -0.2) is 58.8 Å². The molecule has 1 saturated heterocycles. The Morgan fingerprint density at radius 1 is 1.00 bits per heavy atom. The fourth-order valence-electron chi connectivity index (χ4n) is 3.78. The molecule has 1 aromatic heterocycles. The van der Waals surface area contributed by atoms with Gasteiger partial charge in [-0.1, -0.05) is 30.3 Å². The SMILES string of the molecule is CC(=O)N(c1ccccc1)c1nc(/C=C/C(=O)N2CCN(C(=O)Nc3cccc(C)c3)CC2)cs1. The zero-order valence-corrected chi connectivity index (χ0v) is 20.5. The molecule has 0 bridgehead atoms. The standard InChI is InChI=1S/C26H27N5O3S/c1-19-7-6-8-21(17-19)27-25(34)30-15-13-29(14-16-30)24(33)12-11-22-18-35-26(28-22)31(20(2)32)23-9-4-3-5-10-23/h3-12,17-18H,13-16H2,1-2H3,(H,27,34)/b12-11+. The minimum atomic E-state index is -0.165. The van der Waals surface area contributed by atoms with E-state index in [4.69, 9.17) is 0 Å². The van der Waals surface area contributed by atoms with E-state index in [2.05, 4.69) is 10.3 Å². The van der Waals surface area contributed by atoms with Gasteiger partial charge in [0, 0.05) is 50.2 Å². The van der Waals surface area contributed by atoms with Crippen LogP contribution in [0, 0.1) is 6.92 Å². The lowest BCUT2D eigenvalue weighted by atomic mass is 10.2. The molecule has 3 aromatic rings. The number of aryl methyl sites for hydroxylation is 1. The fourth-order valence-corrected chi connectivity index (χ4v) is 4.63. The quantitative estimate of drug-likeness (QED) is 0.534. The number of amides is 4. The maximum Gasteiger partial charge on any atom is 0.321 e. The number of hydrogen-bond acceptors (Lipinski definition) is 5. The third kappa shape index (κ3) is 6.13. The number of urea groups is 1. The molecule has 4 rings (SSSR count). The van der Waals surface area contributed by atoms with E-state index in [1.54, 1.807) is 20.8 Å². The summed E-state index contributed by atoms with van der Waals surface area (Å²) < 4.78 is 0. The number of hydrogen-bond donors (Lipinski definition) is 1. The van der Waals surface area contributed by atoms with Gasteiger partial charge in [-0.25, -0.2) is 9.78 Å². The summed E-state index contributed by atoms with van der Waals surface area (Å²) in [5.41, 5.74) is 3.18. The Morgan fingerprint density at radius 2 is 1.71 bits per heavy atom. The van der Waals surface area contributed by atoms with E-state index >= 15 is 0 Å². The van der Waals surface area contributed by atoms with Crippen molar-refractivity contribution in [1.82, 2.24) is 14.8 Å². The number of rotatable bonds is 5. The van der Waals surface area contributed by atoms with Gasteiger partial charge in [-0.2, -0.15) is 0 Å². The largest absolute Gasteiger partial charge is 0.336 e. The topological polar surface area (TPSA) is 85.9 Å². The van der Waals surface area contributed by atoms with Crippen molar-refractivity contribution >= 4 is 51.8 Å². The van der Waals surface area contributed by atoms with Gasteiger partial charge in [-0.05, 0) is 42.8 Å². The van der Waals surface area contributed by atoms with Crippen molar-refractivity contribution in [3.05, 3.63) is 77.3 Å². The molecule has 35 heavy (non-hydrogen) atoms. The van der Waals surface area contributed by atoms with Crippen LogP contribution in [-0.2, 0) is 9.59 Å². The van der Waals surface area contributed by atoms with E-state index < -0.39 is 0 Å². The smallest absolute Gasteiger partial charge is 0.321 e. The van der Waals surface area contributed by atoms with E-state index in [0.717, 1.165) is 16.9 Å². The molecule has 0 radical (unpaired) electrons. The summed E-state index contributed by atoms with van der Waals surface area (Å²) in [4.78, 5) is 46.9. The lowest BCUT2D eigenvalue weighted by Gasteiger charge is -2.34. The summed E-state index contributed by atoms with van der Waals surface area (Å²) in [6.45, 7) is 5.31. The van der Waals surface area contributed by atoms with E-state index in [9.17, 15) is 14.4 Å². The van der Waals surface area contributed by atoms with Crippen LogP contribution in [0.3, 0.4) is 0 Å². The van der Waals surface area contributed by atoms with E-state index in [-0.39, 0.29) is 17.8 Å². The van der Waals surface area contributed by atoms with Crippen LogP contribution in [0.15, 0.2) is 66.1 Å². The van der Waals surface area contributed by atoms with Crippen molar-refractivity contribution in [1.29, 1.82) is 0 Å². The fraction of sp³-hybridized carbons (Fsp3) is 0.231. The highest BCUT2D eigenvalue weighted by Crippen LogP contribution is 2.29. The molecule has 0 saturated carbocycles. The molecule has 9 heteroatoms. The van der Waals surface area contributed by atoms with Gasteiger partial charge in [-0.3, -0.25) is 14.5 Å². The second-order valence-electron chi connectivity index (χ2n) is 8.19. The minimum absolute atomic E-state index is 0.134. The molecule has 0 unspecified atom stereocenters. The molecule has 1 aliphatic heterocycles. The zero-order chi connectivity index (χ0) is 24.8. The number of nitrogens with zero attached hydrogens (tertiary/aromatic N) is 4. The number of benzene rings is 2. The van der Waals surface area contributed by atoms with Gasteiger partial charge in [-0.15, -0.1) is 11.3 Å². The highest BCUT2D eigenvalue weighted by Gasteiger charge is 2.23. The summed E-state index contributed by atoms with van der Waals surface area (Å²) in [5, 5.41) is 5.27. The van der Waals surface area contributed by atoms with Crippen molar-refractivity contribution in [2.24, 2.45) is 0 Å². The Bertz CT molecular complexity index is 1230. The summed E-state index contributed by atoms with van der Waals surface area (Å²) in [5.74, 6) is -0.272. The second-order valence-corrected chi connectivity index (χ2v) is 9.03. The van der Waals surface area contributed by atoms with Gasteiger partial charge in [0.25, 0.3) is 0 Å². The van der Waals surface area contributed by atoms with E-state index in [0.29, 0.717) is 37.0 Å². The van der Waals surface area contributed by atoms with E-state index in [1.165, 1.54) is 24.3 Å². The molecular formula is C26H27N5O3S. The van der Waals surface area contributed by atoms with Crippen LogP contribution in [0.4, 0.5) is 21.3 Å². The van der Waals surface area contributed by atoms with Crippen LogP contribution >= 0.6 is 11.3 Å². The predicted octanol–water partition coefficient (Wildman–Crippen LogP) is 4.53. The van der Waals surface area contributed by atoms with Crippen LogP contribution < -0.4 is 10.2 Å². The number of para-hydroxylation sites is 1. The third-order valence-corrected chi connectivity index (χ3v) is 6.42. The van der Waals surface area contributed by atoms with Crippen molar-refractivity contribution in [2.75, 3.05) is 36.4 Å². The van der Waals surface area contributed by atoms with Crippen LogP contribution in [0.5, 0.6) is 0 Å². The maximum atomic E-state index is 12.7. The number of piperazine rings is 1. The number of aromatic nitrogens is 1. The minimum Gasteiger partial charge on any atom is -0.336 e. The predicted molar refractivity (Wildman–Crippen MR) is 139 cm³/mol. The molecule has 0 aliphatic carbocycles. The Balaban J connectivity index is 1.32. The summed E-state index contributed by atoms with van der Waals surface area (Å²) in [7, 11) is 0. The van der Waals surface area contributed by atoms with Crippen molar-refractivity contribution in [3.8, 4) is 0 Å². The van der Waals surface area contributed by atoms with Gasteiger partial charge in [0.15, 0.2) is 5.13 Å². The first kappa shape index (κ1) is 24.2. The molecule has 1 aliphatic rings. The van der Waals surface area contributed by atoms with Gasteiger partial charge < -0.3 is 15.1 Å². The molecule has 2 aromatic carbocycles. The molecule has 180 valence electrons. The Morgan fingerprint density at radius 3 is 2.40 bits per heavy atom. The van der Waals surface area contributed by atoms with Crippen LogP contribution in [0.25, 0.3) is 6.08 Å². The number of anilines is 3. The molecule has 0 spiro atoms. The maximum absolute atomic E-state index is 12.7. The zero-order valence-electron chi connectivity index (χ0n) is 19.7. The molecule has 2 heterocycles. The van der Waals surface area contributed by atoms with Crippen molar-refractivity contribution < 1.29 is 14.4 Å². The molecule has 8 nitrogen and oxygen atoms in total. The molecule has 4 amide bonds. The summed E-state index contributed by atoms with van der Waals surface area (Å²) in [6, 6.07) is 16.8. The lowest BCUT2D eigenvalue weighted by molar-refractivity contribution is -0.127. The number of carbonyl (C=O) groups excluding carboxylic acids is 3. The number of thiazole rings is 1. The number of nitrogens with one attached hydrogen (secondary N) is 1. The first-order valence-electron chi connectivity index (χ1n) is 11.3. The first-order valence-corrected chi connectivity index (χ1v) is 12.2. The van der Waals surface area contributed by atoms with Crippen molar-refractivity contribution in [2.45, 2.75) is 13.8 Å². The lowest BCUT2D eigenvalue weighted by Crippen LogP contribution is -2.51. The van der Waals surface area contributed by atoms with Crippen LogP contribution in [0.2, 0.25) is 0 Å². The monoisotopic (exact) mass is 489 g/mol. The van der Waals surface area contributed by atoms with Gasteiger partial charge in [0.1, 0.15) is 0 Å². The average Bonchev–Trinajstić information content (AvgIpc) is 3.31. The molecule has 1 fully saturated rings. The summed E-state index contributed by atoms with van der Waals surface area (Å²) in [6.07, 6.45) is 3.14. The number of carbonyl (C=O) groups is 3. The molecular weight excluding hydrogens is 462 g/mol. The van der Waals surface area contributed by atoms with Gasteiger partial charge in [0.2, 0.25) is 11.8 Å².